The average Bonchev–Trinajstić information content (AvgIpc) is 2.95. The summed E-state index contributed by atoms with van der Waals surface area (Å²) in [6.07, 6.45) is 12.5. The van der Waals surface area contributed by atoms with Crippen molar-refractivity contribution in [1.29, 1.82) is 0 Å². The van der Waals surface area contributed by atoms with Crippen LogP contribution in [-0.4, -0.2) is 45.8 Å². The van der Waals surface area contributed by atoms with Crippen molar-refractivity contribution < 1.29 is 20.1 Å². The monoisotopic (exact) mass is 406 g/mol. The van der Waals surface area contributed by atoms with E-state index in [0.717, 1.165) is 6.42 Å². The molecule has 3 rings (SSSR count). The van der Waals surface area contributed by atoms with Gasteiger partial charge in [-0.1, -0.05) is 30.2 Å². The molecule has 3 saturated carbocycles. The number of allylic oxidation sites excluding steroid dienone is 3. The molecule has 0 saturated heterocycles. The van der Waals surface area contributed by atoms with E-state index >= 15 is 0 Å². The van der Waals surface area contributed by atoms with Gasteiger partial charge in [0.1, 0.15) is 0 Å². The van der Waals surface area contributed by atoms with Gasteiger partial charge in [0.15, 0.2) is 0 Å². The van der Waals surface area contributed by atoms with Crippen LogP contribution in [0.5, 0.6) is 0 Å². The fourth-order valence-corrected chi connectivity index (χ4v) is 6.19. The first kappa shape index (κ1) is 23.0. The van der Waals surface area contributed by atoms with E-state index < -0.39 is 17.8 Å². The molecule has 3 fully saturated rings. The van der Waals surface area contributed by atoms with Gasteiger partial charge in [-0.3, -0.25) is 0 Å². The Morgan fingerprint density at radius 2 is 1.86 bits per heavy atom. The fourth-order valence-electron chi connectivity index (χ4n) is 6.19. The third kappa shape index (κ3) is 5.72. The minimum Gasteiger partial charge on any atom is -0.393 e. The highest BCUT2D eigenvalue weighted by molar-refractivity contribution is 5.26. The van der Waals surface area contributed by atoms with E-state index in [1.54, 1.807) is 5.57 Å². The van der Waals surface area contributed by atoms with Gasteiger partial charge in [0.25, 0.3) is 0 Å². The van der Waals surface area contributed by atoms with Crippen LogP contribution in [0.25, 0.3) is 0 Å². The number of ether oxygens (including phenoxy) is 1. The smallest absolute Gasteiger partial charge is 0.0613 e. The SMILES string of the molecule is C[C@H](OCCC(C)(C)O)[C@H]1CC[C@H]2C(=CC=C3C[C@@H](O)C[C@H](O)C3)CCC[C@@]12C. The molecule has 29 heavy (non-hydrogen) atoms. The van der Waals surface area contributed by atoms with Crippen LogP contribution in [0.15, 0.2) is 23.3 Å². The number of hydrogen-bond donors (Lipinski definition) is 3. The van der Waals surface area contributed by atoms with E-state index in [2.05, 4.69) is 26.0 Å². The van der Waals surface area contributed by atoms with Gasteiger partial charge in [-0.25, -0.2) is 0 Å². The van der Waals surface area contributed by atoms with E-state index in [1.165, 1.54) is 31.3 Å². The molecule has 0 aromatic rings. The van der Waals surface area contributed by atoms with Gasteiger partial charge in [-0.05, 0) is 95.8 Å². The number of aliphatic hydroxyl groups is 3. The first-order valence-electron chi connectivity index (χ1n) is 11.7. The third-order valence-electron chi connectivity index (χ3n) is 7.77. The average molecular weight is 407 g/mol. The van der Waals surface area contributed by atoms with Crippen molar-refractivity contribution in [3.8, 4) is 0 Å². The van der Waals surface area contributed by atoms with Crippen LogP contribution in [-0.2, 0) is 4.74 Å². The first-order valence-corrected chi connectivity index (χ1v) is 11.7. The summed E-state index contributed by atoms with van der Waals surface area (Å²) < 4.78 is 6.18. The van der Waals surface area contributed by atoms with Crippen molar-refractivity contribution in [2.24, 2.45) is 17.3 Å². The molecule has 3 N–H and O–H groups in total. The molecule has 0 amide bonds. The molecule has 0 spiro atoms. The highest BCUT2D eigenvalue weighted by atomic mass is 16.5. The zero-order chi connectivity index (χ0) is 21.2. The van der Waals surface area contributed by atoms with E-state index in [-0.39, 0.29) is 11.5 Å². The second-order valence-electron chi connectivity index (χ2n) is 10.8. The van der Waals surface area contributed by atoms with Crippen LogP contribution in [0.4, 0.5) is 0 Å². The van der Waals surface area contributed by atoms with Crippen molar-refractivity contribution >= 4 is 0 Å². The van der Waals surface area contributed by atoms with Crippen molar-refractivity contribution in [2.75, 3.05) is 6.61 Å². The zero-order valence-electron chi connectivity index (χ0n) is 18.9. The maximum Gasteiger partial charge on any atom is 0.0613 e. The van der Waals surface area contributed by atoms with Crippen LogP contribution in [0.3, 0.4) is 0 Å². The summed E-state index contributed by atoms with van der Waals surface area (Å²) in [5.74, 6) is 1.17. The maximum atomic E-state index is 9.94. The summed E-state index contributed by atoms with van der Waals surface area (Å²) in [5.41, 5.74) is 2.33. The number of rotatable bonds is 6. The Labute approximate surface area is 177 Å². The third-order valence-corrected chi connectivity index (χ3v) is 7.77. The normalized spacial score (nSPS) is 38.2. The molecule has 0 aliphatic heterocycles. The van der Waals surface area contributed by atoms with Crippen molar-refractivity contribution in [1.82, 2.24) is 0 Å². The molecule has 6 atom stereocenters. The summed E-state index contributed by atoms with van der Waals surface area (Å²) in [4.78, 5) is 0. The van der Waals surface area contributed by atoms with Crippen LogP contribution < -0.4 is 0 Å². The summed E-state index contributed by atoms with van der Waals surface area (Å²) in [7, 11) is 0. The Balaban J connectivity index is 1.66. The van der Waals surface area contributed by atoms with Gasteiger partial charge < -0.3 is 20.1 Å². The molecule has 0 aromatic heterocycles. The van der Waals surface area contributed by atoms with Gasteiger partial charge in [0.05, 0.1) is 23.9 Å². The number of aliphatic hydroxyl groups excluding tert-OH is 2. The lowest BCUT2D eigenvalue weighted by Gasteiger charge is -2.44. The zero-order valence-corrected chi connectivity index (χ0v) is 18.9. The Hall–Kier alpha value is -0.680. The minimum absolute atomic E-state index is 0.216. The lowest BCUT2D eigenvalue weighted by atomic mass is 9.62. The van der Waals surface area contributed by atoms with Crippen LogP contribution in [0, 0.1) is 17.3 Å². The summed E-state index contributed by atoms with van der Waals surface area (Å²) in [6.45, 7) is 8.96. The second kappa shape index (κ2) is 9.21. The molecular formula is C25H42O4. The highest BCUT2D eigenvalue weighted by Gasteiger charge is 2.51. The molecule has 0 radical (unpaired) electrons. The predicted molar refractivity (Wildman–Crippen MR) is 117 cm³/mol. The second-order valence-corrected chi connectivity index (χ2v) is 10.8. The van der Waals surface area contributed by atoms with Crippen LogP contribution >= 0.6 is 0 Å². The summed E-state index contributed by atoms with van der Waals surface area (Å²) in [6, 6.07) is 0. The van der Waals surface area contributed by atoms with E-state index in [0.29, 0.717) is 44.1 Å². The van der Waals surface area contributed by atoms with Crippen LogP contribution in [0.2, 0.25) is 0 Å². The first-order chi connectivity index (χ1) is 13.6. The molecule has 3 aliphatic rings. The maximum absolute atomic E-state index is 9.94. The molecule has 0 unspecified atom stereocenters. The number of hydrogen-bond acceptors (Lipinski definition) is 4. The van der Waals surface area contributed by atoms with Crippen molar-refractivity contribution in [3.63, 3.8) is 0 Å². The van der Waals surface area contributed by atoms with Gasteiger partial charge in [-0.2, -0.15) is 0 Å². The summed E-state index contributed by atoms with van der Waals surface area (Å²) >= 11 is 0. The molecule has 166 valence electrons. The van der Waals surface area contributed by atoms with E-state index in [4.69, 9.17) is 4.74 Å². The highest BCUT2D eigenvalue weighted by Crippen LogP contribution is 2.58. The molecule has 0 bridgehead atoms. The van der Waals surface area contributed by atoms with Gasteiger partial charge in [0.2, 0.25) is 0 Å². The molecule has 0 aromatic carbocycles. The van der Waals surface area contributed by atoms with E-state index in [1.807, 2.05) is 13.8 Å². The Bertz CT molecular complexity index is 605. The lowest BCUT2D eigenvalue weighted by Crippen LogP contribution is -2.39. The topological polar surface area (TPSA) is 69.9 Å². The fraction of sp³-hybridized carbons (Fsp3) is 0.840. The van der Waals surface area contributed by atoms with Gasteiger partial charge in [0, 0.05) is 6.61 Å². The Morgan fingerprint density at radius 1 is 1.17 bits per heavy atom. The molecule has 0 heterocycles. The quantitative estimate of drug-likeness (QED) is 0.606. The molecule has 4 nitrogen and oxygen atoms in total. The van der Waals surface area contributed by atoms with Gasteiger partial charge in [-0.15, -0.1) is 0 Å². The largest absolute Gasteiger partial charge is 0.393 e. The lowest BCUT2D eigenvalue weighted by molar-refractivity contribution is -0.0454. The molecule has 4 heteroatoms. The summed E-state index contributed by atoms with van der Waals surface area (Å²) in [5, 5.41) is 29.8. The predicted octanol–water partition coefficient (Wildman–Crippen LogP) is 4.53. The Morgan fingerprint density at radius 3 is 2.52 bits per heavy atom. The Kier molecular flexibility index (Phi) is 7.31. The van der Waals surface area contributed by atoms with Gasteiger partial charge >= 0.3 is 0 Å². The minimum atomic E-state index is -0.670. The number of fused-ring (bicyclic) bond motifs is 1. The van der Waals surface area contributed by atoms with Crippen LogP contribution in [0.1, 0.15) is 85.5 Å². The van der Waals surface area contributed by atoms with E-state index in [9.17, 15) is 15.3 Å². The standard InChI is InChI=1S/C25H42O4/c1-17(29-13-12-24(2,3)28)22-9-10-23-19(6-5-11-25(22,23)4)8-7-18-14-20(26)16-21(27)15-18/h7-8,17,20-23,26-28H,5-6,9-16H2,1-4H3/t17-,20+,21+,22+,23-,25-/m0/s1. The molecule has 3 aliphatic carbocycles. The molecular weight excluding hydrogens is 364 g/mol. The van der Waals surface area contributed by atoms with Crippen molar-refractivity contribution in [2.45, 2.75) is 109 Å². The van der Waals surface area contributed by atoms with Crippen molar-refractivity contribution in [3.05, 3.63) is 23.3 Å².